The third-order valence-electron chi connectivity index (χ3n) is 4.05. The lowest BCUT2D eigenvalue weighted by molar-refractivity contribution is 1.17. The van der Waals surface area contributed by atoms with Crippen LogP contribution in [-0.2, 0) is 0 Å². The first kappa shape index (κ1) is 17.6. The van der Waals surface area contributed by atoms with Gasteiger partial charge in [0, 0.05) is 11.4 Å². The Hall–Kier alpha value is -3.80. The fourth-order valence-corrected chi connectivity index (χ4v) is 2.78. The summed E-state index contributed by atoms with van der Waals surface area (Å²) in [7, 11) is 0. The van der Waals surface area contributed by atoms with Gasteiger partial charge in [-0.05, 0) is 62.4 Å². The molecule has 0 aliphatic rings. The van der Waals surface area contributed by atoms with Crippen molar-refractivity contribution in [1.29, 1.82) is 0 Å². The van der Waals surface area contributed by atoms with Gasteiger partial charge in [-0.1, -0.05) is 24.3 Å². The highest BCUT2D eigenvalue weighted by molar-refractivity contribution is 5.63. The first-order chi connectivity index (χ1) is 13.7. The number of hydrogen-bond acceptors (Lipinski definition) is 6. The molecule has 0 saturated carbocycles. The quantitative estimate of drug-likeness (QED) is 0.514. The lowest BCUT2D eigenvalue weighted by Crippen LogP contribution is -2.00. The summed E-state index contributed by atoms with van der Waals surface area (Å²) in [6, 6.07) is 23.3. The van der Waals surface area contributed by atoms with Crippen LogP contribution in [-0.4, -0.2) is 19.9 Å². The molecule has 0 bridgehead atoms. The van der Waals surface area contributed by atoms with E-state index >= 15 is 0 Å². The Balaban J connectivity index is 1.57. The maximum absolute atomic E-state index is 4.67. The third kappa shape index (κ3) is 4.29. The summed E-state index contributed by atoms with van der Waals surface area (Å²) in [4.78, 5) is 18.3. The van der Waals surface area contributed by atoms with Crippen LogP contribution >= 0.6 is 0 Å². The SMILES string of the molecule is Cc1cccc(Nc2cccc(-c3cccc(Nc4cccc(C)n4)n3)n2)n1. The predicted octanol–water partition coefficient (Wildman–Crippen LogP) is 5.04. The second-order valence-electron chi connectivity index (χ2n) is 6.39. The molecule has 0 amide bonds. The molecule has 4 heterocycles. The van der Waals surface area contributed by atoms with E-state index in [2.05, 4.69) is 30.6 Å². The zero-order valence-corrected chi connectivity index (χ0v) is 15.7. The van der Waals surface area contributed by atoms with Crippen LogP contribution in [0.5, 0.6) is 0 Å². The van der Waals surface area contributed by atoms with Crippen molar-refractivity contribution in [3.63, 3.8) is 0 Å². The molecular formula is C22H20N6. The van der Waals surface area contributed by atoms with Gasteiger partial charge in [0.15, 0.2) is 0 Å². The van der Waals surface area contributed by atoms with Crippen LogP contribution in [0.4, 0.5) is 23.3 Å². The van der Waals surface area contributed by atoms with Crippen molar-refractivity contribution in [2.75, 3.05) is 10.6 Å². The van der Waals surface area contributed by atoms with E-state index in [0.717, 1.165) is 46.0 Å². The number of pyridine rings is 4. The molecule has 4 aromatic rings. The Morgan fingerprint density at radius 2 is 0.821 bits per heavy atom. The van der Waals surface area contributed by atoms with Crippen molar-refractivity contribution in [3.8, 4) is 11.4 Å². The highest BCUT2D eigenvalue weighted by Crippen LogP contribution is 2.21. The van der Waals surface area contributed by atoms with E-state index in [1.807, 2.05) is 86.6 Å². The maximum atomic E-state index is 4.67. The first-order valence-corrected chi connectivity index (χ1v) is 9.01. The molecule has 0 aliphatic carbocycles. The van der Waals surface area contributed by atoms with Crippen LogP contribution in [0, 0.1) is 13.8 Å². The number of rotatable bonds is 5. The fourth-order valence-electron chi connectivity index (χ4n) is 2.78. The molecule has 0 saturated heterocycles. The van der Waals surface area contributed by atoms with Gasteiger partial charge < -0.3 is 10.6 Å². The summed E-state index contributed by atoms with van der Waals surface area (Å²) in [6.07, 6.45) is 0. The van der Waals surface area contributed by atoms with Gasteiger partial charge >= 0.3 is 0 Å². The minimum absolute atomic E-state index is 0.719. The molecule has 28 heavy (non-hydrogen) atoms. The molecule has 0 fully saturated rings. The molecule has 0 aliphatic heterocycles. The molecule has 6 nitrogen and oxygen atoms in total. The molecule has 0 aromatic carbocycles. The van der Waals surface area contributed by atoms with Crippen LogP contribution in [0.3, 0.4) is 0 Å². The topological polar surface area (TPSA) is 75.6 Å². The van der Waals surface area contributed by atoms with Crippen molar-refractivity contribution in [2.24, 2.45) is 0 Å². The van der Waals surface area contributed by atoms with E-state index in [0.29, 0.717) is 0 Å². The third-order valence-corrected chi connectivity index (χ3v) is 4.05. The van der Waals surface area contributed by atoms with Crippen LogP contribution in [0.2, 0.25) is 0 Å². The van der Waals surface area contributed by atoms with Gasteiger partial charge in [-0.15, -0.1) is 0 Å². The Morgan fingerprint density at radius 3 is 1.21 bits per heavy atom. The van der Waals surface area contributed by atoms with E-state index in [-0.39, 0.29) is 0 Å². The summed E-state index contributed by atoms with van der Waals surface area (Å²) >= 11 is 0. The second kappa shape index (κ2) is 7.84. The molecule has 6 heteroatoms. The van der Waals surface area contributed by atoms with Gasteiger partial charge in [0.1, 0.15) is 23.3 Å². The highest BCUT2D eigenvalue weighted by Gasteiger charge is 2.06. The van der Waals surface area contributed by atoms with Crippen molar-refractivity contribution >= 4 is 23.3 Å². The number of hydrogen-bond donors (Lipinski definition) is 2. The summed E-state index contributed by atoms with van der Waals surface area (Å²) in [6.45, 7) is 3.92. The maximum Gasteiger partial charge on any atom is 0.132 e. The second-order valence-corrected chi connectivity index (χ2v) is 6.39. The number of anilines is 4. The first-order valence-electron chi connectivity index (χ1n) is 9.01. The molecule has 0 unspecified atom stereocenters. The Morgan fingerprint density at radius 1 is 0.464 bits per heavy atom. The van der Waals surface area contributed by atoms with E-state index in [4.69, 9.17) is 0 Å². The van der Waals surface area contributed by atoms with Crippen molar-refractivity contribution in [3.05, 3.63) is 84.2 Å². The van der Waals surface area contributed by atoms with Gasteiger partial charge in [0.2, 0.25) is 0 Å². The monoisotopic (exact) mass is 368 g/mol. The minimum atomic E-state index is 0.719. The molecule has 138 valence electrons. The van der Waals surface area contributed by atoms with Crippen LogP contribution < -0.4 is 10.6 Å². The molecule has 4 rings (SSSR count). The van der Waals surface area contributed by atoms with E-state index < -0.39 is 0 Å². The van der Waals surface area contributed by atoms with Crippen molar-refractivity contribution in [2.45, 2.75) is 13.8 Å². The Bertz CT molecular complexity index is 1020. The summed E-state index contributed by atoms with van der Waals surface area (Å²) in [5, 5.41) is 6.48. The van der Waals surface area contributed by atoms with E-state index in [9.17, 15) is 0 Å². The lowest BCUT2D eigenvalue weighted by Gasteiger charge is -2.09. The summed E-state index contributed by atoms with van der Waals surface area (Å²) in [5.41, 5.74) is 3.45. The molecule has 4 aromatic heterocycles. The van der Waals surface area contributed by atoms with Crippen LogP contribution in [0.15, 0.2) is 72.8 Å². The molecule has 0 spiro atoms. The molecule has 0 radical (unpaired) electrons. The normalized spacial score (nSPS) is 10.5. The zero-order chi connectivity index (χ0) is 19.3. The smallest absolute Gasteiger partial charge is 0.132 e. The largest absolute Gasteiger partial charge is 0.325 e. The Kier molecular flexibility index (Phi) is 4.93. The lowest BCUT2D eigenvalue weighted by atomic mass is 10.2. The van der Waals surface area contributed by atoms with Gasteiger partial charge in [-0.25, -0.2) is 19.9 Å². The van der Waals surface area contributed by atoms with E-state index in [1.54, 1.807) is 0 Å². The molecule has 0 atom stereocenters. The molecule has 2 N–H and O–H groups in total. The van der Waals surface area contributed by atoms with E-state index in [1.165, 1.54) is 0 Å². The highest BCUT2D eigenvalue weighted by atomic mass is 15.1. The predicted molar refractivity (Wildman–Crippen MR) is 112 cm³/mol. The molecular weight excluding hydrogens is 348 g/mol. The van der Waals surface area contributed by atoms with Crippen molar-refractivity contribution < 1.29 is 0 Å². The average molecular weight is 368 g/mol. The van der Waals surface area contributed by atoms with Gasteiger partial charge in [0.05, 0.1) is 11.4 Å². The van der Waals surface area contributed by atoms with Gasteiger partial charge in [0.25, 0.3) is 0 Å². The Labute approximate surface area is 163 Å². The van der Waals surface area contributed by atoms with Crippen LogP contribution in [0.1, 0.15) is 11.4 Å². The number of aromatic nitrogens is 4. The number of aryl methyl sites for hydroxylation is 2. The summed E-state index contributed by atoms with van der Waals surface area (Å²) < 4.78 is 0. The zero-order valence-electron chi connectivity index (χ0n) is 15.7. The fraction of sp³-hybridized carbons (Fsp3) is 0.0909. The van der Waals surface area contributed by atoms with Crippen molar-refractivity contribution in [1.82, 2.24) is 19.9 Å². The standard InChI is InChI=1S/C22H20N6/c1-15-7-3-11-19(23-15)27-21-13-5-9-17(25-21)18-10-6-14-22(26-18)28-20-12-4-8-16(2)24-20/h3-14H,1-2H3,(H,23,25,27)(H,24,26,28). The van der Waals surface area contributed by atoms with Gasteiger partial charge in [-0.3, -0.25) is 0 Å². The number of nitrogens with one attached hydrogen (secondary N) is 2. The minimum Gasteiger partial charge on any atom is -0.325 e. The van der Waals surface area contributed by atoms with Gasteiger partial charge in [-0.2, -0.15) is 0 Å². The average Bonchev–Trinajstić information content (AvgIpc) is 2.68. The van der Waals surface area contributed by atoms with Crippen LogP contribution in [0.25, 0.3) is 11.4 Å². The number of nitrogens with zero attached hydrogens (tertiary/aromatic N) is 4. The summed E-state index contributed by atoms with van der Waals surface area (Å²) in [5.74, 6) is 2.96.